The van der Waals surface area contributed by atoms with E-state index in [-0.39, 0.29) is 18.6 Å². The van der Waals surface area contributed by atoms with Gasteiger partial charge < -0.3 is 15.7 Å². The summed E-state index contributed by atoms with van der Waals surface area (Å²) in [5.74, 6) is 1.80. The molecule has 0 aromatic carbocycles. The van der Waals surface area contributed by atoms with E-state index < -0.39 is 0 Å². The minimum absolute atomic E-state index is 0.195. The van der Waals surface area contributed by atoms with Crippen molar-refractivity contribution < 1.29 is 5.11 Å². The SMILES string of the molecule is [B]c1cnn2c(NCc3cccnc3)cc(N[C@H]3CCCC[C@H]3CO)nc12. The van der Waals surface area contributed by atoms with E-state index in [9.17, 15) is 5.11 Å². The minimum atomic E-state index is 0.195. The lowest BCUT2D eigenvalue weighted by Crippen LogP contribution is -2.34. The zero-order chi connectivity index (χ0) is 18.6. The molecule has 3 aromatic heterocycles. The van der Waals surface area contributed by atoms with Gasteiger partial charge in [0.2, 0.25) is 0 Å². The molecule has 8 heteroatoms. The molecular formula is C19H23BN6O. The number of nitrogens with one attached hydrogen (secondary N) is 2. The van der Waals surface area contributed by atoms with Crippen molar-refractivity contribution in [2.45, 2.75) is 38.3 Å². The lowest BCUT2D eigenvalue weighted by atomic mass is 9.85. The molecule has 0 aliphatic heterocycles. The van der Waals surface area contributed by atoms with Crippen LogP contribution >= 0.6 is 0 Å². The number of aliphatic hydroxyl groups is 1. The van der Waals surface area contributed by atoms with Gasteiger partial charge in [0.15, 0.2) is 5.65 Å². The molecule has 0 amide bonds. The van der Waals surface area contributed by atoms with Crippen molar-refractivity contribution in [3.8, 4) is 0 Å². The Morgan fingerprint density at radius 1 is 1.26 bits per heavy atom. The molecule has 3 N–H and O–H groups in total. The highest BCUT2D eigenvalue weighted by atomic mass is 16.3. The second kappa shape index (κ2) is 7.96. The number of pyridine rings is 1. The van der Waals surface area contributed by atoms with E-state index in [1.165, 1.54) is 6.42 Å². The average molecular weight is 362 g/mol. The van der Waals surface area contributed by atoms with Gasteiger partial charge in [-0.2, -0.15) is 9.61 Å². The number of aliphatic hydroxyl groups excluding tert-OH is 1. The Morgan fingerprint density at radius 2 is 2.15 bits per heavy atom. The van der Waals surface area contributed by atoms with E-state index in [2.05, 4.69) is 25.7 Å². The van der Waals surface area contributed by atoms with Crippen molar-refractivity contribution in [2.75, 3.05) is 17.2 Å². The highest BCUT2D eigenvalue weighted by Gasteiger charge is 2.25. The van der Waals surface area contributed by atoms with Crippen molar-refractivity contribution in [2.24, 2.45) is 5.92 Å². The molecule has 3 aromatic rings. The lowest BCUT2D eigenvalue weighted by Gasteiger charge is -2.31. The minimum Gasteiger partial charge on any atom is -0.396 e. The maximum atomic E-state index is 9.67. The first-order valence-corrected chi connectivity index (χ1v) is 9.39. The highest BCUT2D eigenvalue weighted by Crippen LogP contribution is 2.27. The molecule has 2 atom stereocenters. The summed E-state index contributed by atoms with van der Waals surface area (Å²) in [6.07, 6.45) is 9.60. The van der Waals surface area contributed by atoms with E-state index in [1.807, 2.05) is 24.4 Å². The van der Waals surface area contributed by atoms with Gasteiger partial charge in [-0.05, 0) is 29.9 Å². The van der Waals surface area contributed by atoms with Crippen LogP contribution in [0.4, 0.5) is 11.6 Å². The third-order valence-corrected chi connectivity index (χ3v) is 5.17. The van der Waals surface area contributed by atoms with Crippen LogP contribution in [0.2, 0.25) is 0 Å². The van der Waals surface area contributed by atoms with Crippen molar-refractivity contribution in [1.29, 1.82) is 0 Å². The fourth-order valence-corrected chi connectivity index (χ4v) is 3.68. The topological polar surface area (TPSA) is 87.4 Å². The number of hydrogen-bond donors (Lipinski definition) is 3. The predicted octanol–water partition coefficient (Wildman–Crippen LogP) is 1.49. The van der Waals surface area contributed by atoms with Gasteiger partial charge in [0.1, 0.15) is 19.5 Å². The maximum Gasteiger partial charge on any atom is 0.152 e. The smallest absolute Gasteiger partial charge is 0.152 e. The van der Waals surface area contributed by atoms with E-state index in [0.717, 1.165) is 36.5 Å². The Kier molecular flexibility index (Phi) is 5.24. The molecule has 1 fully saturated rings. The fourth-order valence-electron chi connectivity index (χ4n) is 3.68. The molecule has 2 radical (unpaired) electrons. The molecular weight excluding hydrogens is 339 g/mol. The first kappa shape index (κ1) is 17.8. The predicted molar refractivity (Wildman–Crippen MR) is 106 cm³/mol. The summed E-state index contributed by atoms with van der Waals surface area (Å²) in [5.41, 5.74) is 2.22. The fraction of sp³-hybridized carbons (Fsp3) is 0.421. The van der Waals surface area contributed by atoms with Crippen LogP contribution in [0.3, 0.4) is 0 Å². The number of anilines is 2. The number of hydrogen-bond acceptors (Lipinski definition) is 6. The lowest BCUT2D eigenvalue weighted by molar-refractivity contribution is 0.178. The Morgan fingerprint density at radius 3 is 2.96 bits per heavy atom. The van der Waals surface area contributed by atoms with E-state index in [1.54, 1.807) is 16.9 Å². The van der Waals surface area contributed by atoms with Gasteiger partial charge in [0.05, 0.1) is 0 Å². The third kappa shape index (κ3) is 3.90. The van der Waals surface area contributed by atoms with Crippen LogP contribution in [0, 0.1) is 5.92 Å². The van der Waals surface area contributed by atoms with E-state index in [4.69, 9.17) is 7.85 Å². The molecule has 0 bridgehead atoms. The molecule has 7 nitrogen and oxygen atoms in total. The second-order valence-electron chi connectivity index (χ2n) is 7.05. The largest absolute Gasteiger partial charge is 0.396 e. The first-order chi connectivity index (χ1) is 13.2. The van der Waals surface area contributed by atoms with Gasteiger partial charge in [0, 0.05) is 49.8 Å². The molecule has 1 aliphatic carbocycles. The van der Waals surface area contributed by atoms with Gasteiger partial charge in [-0.15, -0.1) is 0 Å². The van der Waals surface area contributed by atoms with Gasteiger partial charge in [0.25, 0.3) is 0 Å². The normalized spacial score (nSPS) is 19.9. The van der Waals surface area contributed by atoms with Crippen molar-refractivity contribution in [3.63, 3.8) is 0 Å². The van der Waals surface area contributed by atoms with E-state index in [0.29, 0.717) is 17.7 Å². The van der Waals surface area contributed by atoms with Gasteiger partial charge in [-0.25, -0.2) is 4.98 Å². The van der Waals surface area contributed by atoms with Crippen LogP contribution in [0.15, 0.2) is 36.8 Å². The van der Waals surface area contributed by atoms with Crippen LogP contribution in [0.25, 0.3) is 5.65 Å². The van der Waals surface area contributed by atoms with Crippen molar-refractivity contribution in [1.82, 2.24) is 19.6 Å². The average Bonchev–Trinajstić information content (AvgIpc) is 3.08. The maximum absolute atomic E-state index is 9.67. The Labute approximate surface area is 159 Å². The first-order valence-electron chi connectivity index (χ1n) is 9.39. The molecule has 0 unspecified atom stereocenters. The molecule has 0 spiro atoms. The molecule has 4 rings (SSSR count). The van der Waals surface area contributed by atoms with E-state index >= 15 is 0 Å². The number of nitrogens with zero attached hydrogens (tertiary/aromatic N) is 4. The Hall–Kier alpha value is -2.61. The van der Waals surface area contributed by atoms with Gasteiger partial charge >= 0.3 is 0 Å². The summed E-state index contributed by atoms with van der Waals surface area (Å²) in [6.45, 7) is 0.815. The monoisotopic (exact) mass is 362 g/mol. The van der Waals surface area contributed by atoms with Gasteiger partial charge in [-0.3, -0.25) is 4.98 Å². The number of aromatic nitrogens is 4. The zero-order valence-corrected chi connectivity index (χ0v) is 15.2. The molecule has 1 aliphatic rings. The summed E-state index contributed by atoms with van der Waals surface area (Å²) in [4.78, 5) is 8.79. The summed E-state index contributed by atoms with van der Waals surface area (Å²) in [5, 5.41) is 20.9. The molecule has 3 heterocycles. The van der Waals surface area contributed by atoms with Crippen LogP contribution in [-0.4, -0.2) is 45.2 Å². The molecule has 0 saturated heterocycles. The number of fused-ring (bicyclic) bond motifs is 1. The summed E-state index contributed by atoms with van der Waals surface area (Å²) in [6, 6.07) is 6.09. The molecule has 27 heavy (non-hydrogen) atoms. The Bertz CT molecular complexity index is 900. The van der Waals surface area contributed by atoms with Crippen LogP contribution in [0.5, 0.6) is 0 Å². The third-order valence-electron chi connectivity index (χ3n) is 5.17. The standard InChI is InChI=1S/C19H23BN6O/c20-15-11-23-26-18(22-10-13-4-3-7-21-9-13)8-17(25-19(15)26)24-16-6-2-1-5-14(16)12-27/h3-4,7-9,11,14,16,22,27H,1-2,5-6,10,12H2,(H,24,25)/t14-,16-/m0/s1. The van der Waals surface area contributed by atoms with Crippen LogP contribution < -0.4 is 16.1 Å². The van der Waals surface area contributed by atoms with Crippen molar-refractivity contribution in [3.05, 3.63) is 42.4 Å². The highest BCUT2D eigenvalue weighted by molar-refractivity contribution is 6.36. The quantitative estimate of drug-likeness (QED) is 0.576. The van der Waals surface area contributed by atoms with Gasteiger partial charge in [-0.1, -0.05) is 18.9 Å². The zero-order valence-electron chi connectivity index (χ0n) is 15.2. The van der Waals surface area contributed by atoms with Crippen molar-refractivity contribution >= 4 is 30.6 Å². The Balaban J connectivity index is 1.60. The van der Waals surface area contributed by atoms with Crippen LogP contribution in [-0.2, 0) is 6.54 Å². The molecule has 1 saturated carbocycles. The summed E-state index contributed by atoms with van der Waals surface area (Å²) >= 11 is 0. The van der Waals surface area contributed by atoms with Crippen LogP contribution in [0.1, 0.15) is 31.2 Å². The summed E-state index contributed by atoms with van der Waals surface area (Å²) < 4.78 is 1.71. The molecule has 138 valence electrons. The summed E-state index contributed by atoms with van der Waals surface area (Å²) in [7, 11) is 6.06. The number of rotatable bonds is 6. The second-order valence-corrected chi connectivity index (χ2v) is 7.05.